The molecule has 0 saturated carbocycles. The van der Waals surface area contributed by atoms with Crippen molar-refractivity contribution in [2.75, 3.05) is 0 Å². The van der Waals surface area contributed by atoms with Gasteiger partial charge in [-0.05, 0) is 24.1 Å². The molecule has 0 aromatic heterocycles. The first kappa shape index (κ1) is 16.6. The van der Waals surface area contributed by atoms with Crippen LogP contribution in [-0.4, -0.2) is 20.4 Å². The van der Waals surface area contributed by atoms with E-state index in [1.165, 1.54) is 12.1 Å². The van der Waals surface area contributed by atoms with E-state index < -0.39 is 16.1 Å². The van der Waals surface area contributed by atoms with E-state index in [-0.39, 0.29) is 10.8 Å². The number of carbonyl (C=O) groups is 1. The fourth-order valence-corrected chi connectivity index (χ4v) is 2.19. The third kappa shape index (κ3) is 5.28. The van der Waals surface area contributed by atoms with Gasteiger partial charge < -0.3 is 11.1 Å². The van der Waals surface area contributed by atoms with Crippen molar-refractivity contribution in [2.45, 2.75) is 43.7 Å². The highest BCUT2D eigenvalue weighted by Crippen LogP contribution is 2.08. The van der Waals surface area contributed by atoms with Crippen LogP contribution in [-0.2, 0) is 21.4 Å². The largest absolute Gasteiger partial charge is 0.351 e. The van der Waals surface area contributed by atoms with Crippen molar-refractivity contribution in [2.24, 2.45) is 10.9 Å². The molecule has 20 heavy (non-hydrogen) atoms. The molecule has 112 valence electrons. The number of nitrogens with two attached hydrogens (primary N) is 2. The smallest absolute Gasteiger partial charge is 0.238 e. The molecule has 0 aliphatic rings. The van der Waals surface area contributed by atoms with Crippen LogP contribution < -0.4 is 16.2 Å². The Morgan fingerprint density at radius 1 is 1.30 bits per heavy atom. The summed E-state index contributed by atoms with van der Waals surface area (Å²) in [6.07, 6.45) is 2.57. The maximum atomic E-state index is 11.7. The van der Waals surface area contributed by atoms with E-state index >= 15 is 0 Å². The molecule has 5 N–H and O–H groups in total. The predicted octanol–water partition coefficient (Wildman–Crippen LogP) is 0.468. The minimum Gasteiger partial charge on any atom is -0.351 e. The van der Waals surface area contributed by atoms with E-state index in [1.54, 1.807) is 12.1 Å². The summed E-state index contributed by atoms with van der Waals surface area (Å²) in [5.41, 5.74) is 6.53. The van der Waals surface area contributed by atoms with Gasteiger partial charge in [0.2, 0.25) is 15.9 Å². The zero-order chi connectivity index (χ0) is 15.2. The molecule has 0 radical (unpaired) electrons. The van der Waals surface area contributed by atoms with Crippen LogP contribution in [0.5, 0.6) is 0 Å². The number of sulfonamides is 1. The zero-order valence-corrected chi connectivity index (χ0v) is 12.3. The van der Waals surface area contributed by atoms with Crippen molar-refractivity contribution in [3.63, 3.8) is 0 Å². The molecule has 0 heterocycles. The summed E-state index contributed by atoms with van der Waals surface area (Å²) in [6.45, 7) is 2.35. The standard InChI is InChI=1S/C13H21N3O3S/c1-2-3-4-12(14)13(17)16-9-10-5-7-11(8-6-10)20(15,18)19/h5-8,12H,2-4,9,14H2,1H3,(H,16,17)(H2,15,18,19)/t12-/m0/s1. The van der Waals surface area contributed by atoms with E-state index in [9.17, 15) is 13.2 Å². The van der Waals surface area contributed by atoms with Gasteiger partial charge in [-0.2, -0.15) is 0 Å². The van der Waals surface area contributed by atoms with Gasteiger partial charge in [0.05, 0.1) is 10.9 Å². The molecule has 0 aliphatic heterocycles. The van der Waals surface area contributed by atoms with Crippen LogP contribution in [0.25, 0.3) is 0 Å². The van der Waals surface area contributed by atoms with Gasteiger partial charge in [-0.15, -0.1) is 0 Å². The van der Waals surface area contributed by atoms with Crippen molar-refractivity contribution < 1.29 is 13.2 Å². The average molecular weight is 299 g/mol. The maximum absolute atomic E-state index is 11.7. The lowest BCUT2D eigenvalue weighted by Gasteiger charge is -2.11. The second-order valence-corrected chi connectivity index (χ2v) is 6.22. The number of hydrogen-bond acceptors (Lipinski definition) is 4. The lowest BCUT2D eigenvalue weighted by atomic mass is 10.1. The SMILES string of the molecule is CCCC[C@H](N)C(=O)NCc1ccc(S(N)(=O)=O)cc1. The summed E-state index contributed by atoms with van der Waals surface area (Å²) in [5, 5.41) is 7.72. The predicted molar refractivity (Wildman–Crippen MR) is 77.2 cm³/mol. The average Bonchev–Trinajstić information content (AvgIpc) is 2.41. The zero-order valence-electron chi connectivity index (χ0n) is 11.5. The second kappa shape index (κ2) is 7.37. The minimum absolute atomic E-state index is 0.0484. The molecule has 0 fully saturated rings. The fraction of sp³-hybridized carbons (Fsp3) is 0.462. The van der Waals surface area contributed by atoms with Crippen LogP contribution >= 0.6 is 0 Å². The van der Waals surface area contributed by atoms with Crippen molar-refractivity contribution >= 4 is 15.9 Å². The highest BCUT2D eigenvalue weighted by molar-refractivity contribution is 7.89. The van der Waals surface area contributed by atoms with Crippen LogP contribution in [0.4, 0.5) is 0 Å². The molecule has 1 rings (SSSR count). The lowest BCUT2D eigenvalue weighted by Crippen LogP contribution is -2.40. The molecule has 1 aromatic rings. The summed E-state index contributed by atoms with van der Waals surface area (Å²) < 4.78 is 22.2. The van der Waals surface area contributed by atoms with Crippen molar-refractivity contribution in [1.82, 2.24) is 5.32 Å². The highest BCUT2D eigenvalue weighted by Gasteiger charge is 2.12. The fourth-order valence-electron chi connectivity index (χ4n) is 1.67. The minimum atomic E-state index is -3.68. The molecule has 0 spiro atoms. The van der Waals surface area contributed by atoms with Crippen molar-refractivity contribution in [3.8, 4) is 0 Å². The van der Waals surface area contributed by atoms with Gasteiger partial charge in [0.25, 0.3) is 0 Å². The van der Waals surface area contributed by atoms with Crippen LogP contribution in [0.1, 0.15) is 31.7 Å². The first-order valence-electron chi connectivity index (χ1n) is 6.49. The number of primary sulfonamides is 1. The van der Waals surface area contributed by atoms with Gasteiger partial charge in [0, 0.05) is 6.54 Å². The normalized spacial score (nSPS) is 12.9. The molecule has 0 aliphatic carbocycles. The molecule has 1 amide bonds. The third-order valence-electron chi connectivity index (χ3n) is 2.92. The molecule has 6 nitrogen and oxygen atoms in total. The number of amides is 1. The topological polar surface area (TPSA) is 115 Å². The third-order valence-corrected chi connectivity index (χ3v) is 3.85. The summed E-state index contributed by atoms with van der Waals surface area (Å²) in [4.78, 5) is 11.7. The Bertz CT molecular complexity index is 540. The number of rotatable bonds is 7. The molecule has 1 atom stereocenters. The quantitative estimate of drug-likeness (QED) is 0.678. The maximum Gasteiger partial charge on any atom is 0.238 e. The van der Waals surface area contributed by atoms with E-state index in [0.29, 0.717) is 13.0 Å². The number of unbranched alkanes of at least 4 members (excludes halogenated alkanes) is 1. The second-order valence-electron chi connectivity index (χ2n) is 4.66. The van der Waals surface area contributed by atoms with E-state index in [4.69, 9.17) is 10.9 Å². The molecule has 0 unspecified atom stereocenters. The molecule has 1 aromatic carbocycles. The Balaban J connectivity index is 2.52. The lowest BCUT2D eigenvalue weighted by molar-refractivity contribution is -0.122. The van der Waals surface area contributed by atoms with Gasteiger partial charge in [-0.25, -0.2) is 13.6 Å². The Morgan fingerprint density at radius 3 is 2.40 bits per heavy atom. The van der Waals surface area contributed by atoms with Crippen LogP contribution in [0.15, 0.2) is 29.2 Å². The van der Waals surface area contributed by atoms with Gasteiger partial charge in [0.15, 0.2) is 0 Å². The van der Waals surface area contributed by atoms with Gasteiger partial charge >= 0.3 is 0 Å². The Kier molecular flexibility index (Phi) is 6.12. The first-order chi connectivity index (χ1) is 9.34. The molecule has 0 saturated heterocycles. The van der Waals surface area contributed by atoms with E-state index in [0.717, 1.165) is 18.4 Å². The van der Waals surface area contributed by atoms with Crippen molar-refractivity contribution in [3.05, 3.63) is 29.8 Å². The van der Waals surface area contributed by atoms with E-state index in [2.05, 4.69) is 5.32 Å². The molecular weight excluding hydrogens is 278 g/mol. The summed E-state index contributed by atoms with van der Waals surface area (Å²) in [5.74, 6) is -0.200. The van der Waals surface area contributed by atoms with Crippen LogP contribution in [0.2, 0.25) is 0 Å². The molecule has 7 heteroatoms. The van der Waals surface area contributed by atoms with Crippen LogP contribution in [0, 0.1) is 0 Å². The number of nitrogens with one attached hydrogen (secondary N) is 1. The summed E-state index contributed by atoms with van der Waals surface area (Å²) >= 11 is 0. The van der Waals surface area contributed by atoms with Gasteiger partial charge in [-0.1, -0.05) is 31.9 Å². The van der Waals surface area contributed by atoms with Gasteiger partial charge in [-0.3, -0.25) is 4.79 Å². The highest BCUT2D eigenvalue weighted by atomic mass is 32.2. The first-order valence-corrected chi connectivity index (χ1v) is 8.04. The summed E-state index contributed by atoms with van der Waals surface area (Å²) in [7, 11) is -3.68. The molecule has 0 bridgehead atoms. The molecular formula is C13H21N3O3S. The monoisotopic (exact) mass is 299 g/mol. The van der Waals surface area contributed by atoms with Crippen LogP contribution in [0.3, 0.4) is 0 Å². The number of hydrogen-bond donors (Lipinski definition) is 3. The Hall–Kier alpha value is -1.44. The van der Waals surface area contributed by atoms with E-state index in [1.807, 2.05) is 6.92 Å². The number of carbonyl (C=O) groups excluding carboxylic acids is 1. The van der Waals surface area contributed by atoms with Gasteiger partial charge in [0.1, 0.15) is 0 Å². The van der Waals surface area contributed by atoms with Crippen molar-refractivity contribution in [1.29, 1.82) is 0 Å². The Morgan fingerprint density at radius 2 is 1.90 bits per heavy atom. The Labute approximate surface area is 119 Å². The summed E-state index contributed by atoms with van der Waals surface area (Å²) in [6, 6.07) is 5.54. The number of benzene rings is 1.